The number of benzene rings is 2. The van der Waals surface area contributed by atoms with Crippen molar-refractivity contribution in [2.45, 2.75) is 6.92 Å². The van der Waals surface area contributed by atoms with Crippen molar-refractivity contribution >= 4 is 38.7 Å². The second kappa shape index (κ2) is 9.25. The zero-order chi connectivity index (χ0) is 22.7. The molecule has 0 atom stereocenters. The number of nitro groups is 1. The number of ether oxygens (including phenoxy) is 1. The summed E-state index contributed by atoms with van der Waals surface area (Å²) in [4.78, 5) is 28.5. The molecule has 0 fully saturated rings. The van der Waals surface area contributed by atoms with E-state index in [1.54, 1.807) is 12.1 Å². The largest absolute Gasteiger partial charge is 0.494 e. The lowest BCUT2D eigenvalue weighted by molar-refractivity contribution is -0.380. The monoisotopic (exact) mass is 469 g/mol. The number of thiophene rings is 1. The number of halogens is 1. The van der Waals surface area contributed by atoms with Crippen molar-refractivity contribution in [2.75, 3.05) is 11.9 Å². The van der Waals surface area contributed by atoms with Crippen LogP contribution in [0.4, 0.5) is 14.5 Å². The van der Waals surface area contributed by atoms with Crippen molar-refractivity contribution < 1.29 is 18.8 Å². The Hall–Kier alpha value is -3.63. The summed E-state index contributed by atoms with van der Waals surface area (Å²) in [6, 6.07) is 16.1. The van der Waals surface area contributed by atoms with Crippen LogP contribution in [0, 0.1) is 15.9 Å². The van der Waals surface area contributed by atoms with Crippen LogP contribution in [0.1, 0.15) is 16.6 Å². The van der Waals surface area contributed by atoms with Gasteiger partial charge in [0.05, 0.1) is 27.0 Å². The summed E-state index contributed by atoms with van der Waals surface area (Å²) in [6.45, 7) is 2.45. The molecule has 0 aliphatic rings. The third-order valence-electron chi connectivity index (χ3n) is 4.39. The maximum absolute atomic E-state index is 13.4. The van der Waals surface area contributed by atoms with Crippen LogP contribution in [-0.2, 0) is 0 Å². The molecular weight excluding hydrogens is 453 g/mol. The summed E-state index contributed by atoms with van der Waals surface area (Å²) in [5.41, 5.74) is 2.17. The maximum Gasteiger partial charge on any atom is 0.324 e. The van der Waals surface area contributed by atoms with Crippen molar-refractivity contribution in [2.24, 2.45) is 0 Å². The van der Waals surface area contributed by atoms with Crippen LogP contribution in [0.25, 0.3) is 21.7 Å². The number of hydrogen-bond acceptors (Lipinski definition) is 7. The van der Waals surface area contributed by atoms with E-state index in [4.69, 9.17) is 4.74 Å². The first-order chi connectivity index (χ1) is 15.4. The molecule has 0 unspecified atom stereocenters. The molecule has 0 saturated heterocycles. The Balaban J connectivity index is 1.69. The van der Waals surface area contributed by atoms with Crippen molar-refractivity contribution in [3.63, 3.8) is 0 Å². The highest BCUT2D eigenvalue weighted by Gasteiger charge is 2.20. The number of thiazole rings is 1. The summed E-state index contributed by atoms with van der Waals surface area (Å²) in [5.74, 6) is -0.114. The van der Waals surface area contributed by atoms with Crippen molar-refractivity contribution in [3.8, 4) is 27.4 Å². The van der Waals surface area contributed by atoms with Crippen LogP contribution >= 0.6 is 22.7 Å². The van der Waals surface area contributed by atoms with E-state index in [2.05, 4.69) is 10.3 Å². The Kier molecular flexibility index (Phi) is 6.24. The van der Waals surface area contributed by atoms with Gasteiger partial charge in [0.15, 0.2) is 5.13 Å². The highest BCUT2D eigenvalue weighted by atomic mass is 32.1. The third kappa shape index (κ3) is 4.66. The first-order valence-electron chi connectivity index (χ1n) is 9.50. The topological polar surface area (TPSA) is 94.4 Å². The first-order valence-corrected chi connectivity index (χ1v) is 11.1. The van der Waals surface area contributed by atoms with E-state index in [9.17, 15) is 19.3 Å². The van der Waals surface area contributed by atoms with E-state index >= 15 is 0 Å². The Labute approximate surface area is 190 Å². The molecule has 0 radical (unpaired) electrons. The van der Waals surface area contributed by atoms with E-state index in [1.807, 2.05) is 31.2 Å². The summed E-state index contributed by atoms with van der Waals surface area (Å²) >= 11 is 2.03. The maximum atomic E-state index is 13.4. The van der Waals surface area contributed by atoms with Gasteiger partial charge in [-0.15, -0.1) is 0 Å². The predicted octanol–water partition coefficient (Wildman–Crippen LogP) is 6.24. The number of anilines is 1. The SMILES string of the molecule is CCOc1ccc(-c2nc(NC(=O)c3ccc([N+](=O)[O-])s3)sc2-c2ccc(F)cc2)cc1. The normalized spacial score (nSPS) is 10.7. The van der Waals surface area contributed by atoms with Gasteiger partial charge >= 0.3 is 5.00 Å². The molecule has 2 aromatic heterocycles. The molecule has 162 valence electrons. The van der Waals surface area contributed by atoms with Gasteiger partial charge < -0.3 is 4.74 Å². The average molecular weight is 470 g/mol. The molecule has 1 N–H and O–H groups in total. The van der Waals surface area contributed by atoms with E-state index in [0.717, 1.165) is 33.1 Å². The fourth-order valence-corrected chi connectivity index (χ4v) is 4.65. The second-order valence-electron chi connectivity index (χ2n) is 6.51. The van der Waals surface area contributed by atoms with Crippen LogP contribution in [-0.4, -0.2) is 22.4 Å². The fraction of sp³-hybridized carbons (Fsp3) is 0.0909. The second-order valence-corrected chi connectivity index (χ2v) is 8.57. The zero-order valence-electron chi connectivity index (χ0n) is 16.7. The molecule has 2 heterocycles. The number of nitrogens with one attached hydrogen (secondary N) is 1. The van der Waals surface area contributed by atoms with Gasteiger partial charge in [-0.3, -0.25) is 20.2 Å². The number of rotatable bonds is 7. The quantitative estimate of drug-likeness (QED) is 0.255. The predicted molar refractivity (Wildman–Crippen MR) is 123 cm³/mol. The van der Waals surface area contributed by atoms with Gasteiger partial charge in [-0.05, 0) is 55.0 Å². The Morgan fingerprint density at radius 3 is 2.38 bits per heavy atom. The number of carbonyl (C=O) groups is 1. The lowest BCUT2D eigenvalue weighted by atomic mass is 10.1. The molecule has 0 spiro atoms. The van der Waals surface area contributed by atoms with Gasteiger partial charge in [0.2, 0.25) is 0 Å². The lowest BCUT2D eigenvalue weighted by Gasteiger charge is -2.05. The molecule has 2 aromatic carbocycles. The molecule has 7 nitrogen and oxygen atoms in total. The van der Waals surface area contributed by atoms with Crippen LogP contribution < -0.4 is 10.1 Å². The van der Waals surface area contributed by atoms with Gasteiger partial charge in [-0.2, -0.15) is 0 Å². The third-order valence-corrected chi connectivity index (χ3v) is 6.44. The van der Waals surface area contributed by atoms with Gasteiger partial charge in [-0.25, -0.2) is 9.37 Å². The van der Waals surface area contributed by atoms with E-state index < -0.39 is 10.8 Å². The molecule has 4 aromatic rings. The number of nitrogens with zero attached hydrogens (tertiary/aromatic N) is 2. The summed E-state index contributed by atoms with van der Waals surface area (Å²) in [5, 5.41) is 13.8. The smallest absolute Gasteiger partial charge is 0.324 e. The molecule has 0 saturated carbocycles. The van der Waals surface area contributed by atoms with Gasteiger partial charge in [-0.1, -0.05) is 34.8 Å². The summed E-state index contributed by atoms with van der Waals surface area (Å²) in [6.07, 6.45) is 0. The summed E-state index contributed by atoms with van der Waals surface area (Å²) in [7, 11) is 0. The van der Waals surface area contributed by atoms with Crippen molar-refractivity contribution in [1.82, 2.24) is 4.98 Å². The lowest BCUT2D eigenvalue weighted by Crippen LogP contribution is -2.09. The molecule has 0 aliphatic heterocycles. The highest BCUT2D eigenvalue weighted by Crippen LogP contribution is 2.40. The number of hydrogen-bond donors (Lipinski definition) is 1. The number of aromatic nitrogens is 1. The average Bonchev–Trinajstić information content (AvgIpc) is 3.43. The van der Waals surface area contributed by atoms with Crippen LogP contribution in [0.2, 0.25) is 0 Å². The zero-order valence-corrected chi connectivity index (χ0v) is 18.3. The standard InChI is InChI=1S/C22H16FN3O4S2/c1-2-30-16-9-5-13(6-10-16)19-20(14-3-7-15(23)8-4-14)32-22(24-19)25-21(27)17-11-12-18(31-17)26(28)29/h3-12H,2H2,1H3,(H,24,25,27). The molecule has 0 aliphatic carbocycles. The number of amides is 1. The van der Waals surface area contributed by atoms with E-state index in [-0.39, 0.29) is 15.7 Å². The van der Waals surface area contributed by atoms with Crippen LogP contribution in [0.15, 0.2) is 60.7 Å². The molecule has 0 bridgehead atoms. The van der Waals surface area contributed by atoms with E-state index in [1.165, 1.54) is 35.6 Å². The Morgan fingerprint density at radius 2 is 1.75 bits per heavy atom. The molecule has 1 amide bonds. The first kappa shape index (κ1) is 21.6. The van der Waals surface area contributed by atoms with E-state index in [0.29, 0.717) is 17.4 Å². The fourth-order valence-electron chi connectivity index (χ4n) is 2.95. The Morgan fingerprint density at radius 1 is 1.06 bits per heavy atom. The minimum atomic E-state index is -0.540. The Bertz CT molecular complexity index is 1270. The molecule has 10 heteroatoms. The van der Waals surface area contributed by atoms with Crippen molar-refractivity contribution in [1.29, 1.82) is 0 Å². The number of carbonyl (C=O) groups excluding carboxylic acids is 1. The minimum Gasteiger partial charge on any atom is -0.494 e. The highest BCUT2D eigenvalue weighted by molar-refractivity contribution is 7.20. The van der Waals surface area contributed by atoms with Crippen LogP contribution in [0.3, 0.4) is 0 Å². The molecule has 32 heavy (non-hydrogen) atoms. The van der Waals surface area contributed by atoms with Crippen molar-refractivity contribution in [3.05, 3.63) is 81.5 Å². The van der Waals surface area contributed by atoms with Gasteiger partial charge in [0.25, 0.3) is 5.91 Å². The molecule has 4 rings (SSSR count). The minimum absolute atomic E-state index is 0.114. The van der Waals surface area contributed by atoms with Gasteiger partial charge in [0.1, 0.15) is 11.6 Å². The molecular formula is C22H16FN3O4S2. The van der Waals surface area contributed by atoms with Crippen LogP contribution in [0.5, 0.6) is 5.75 Å². The van der Waals surface area contributed by atoms with Gasteiger partial charge in [0, 0.05) is 11.6 Å². The summed E-state index contributed by atoms with van der Waals surface area (Å²) < 4.78 is 18.9.